The zero-order valence-electron chi connectivity index (χ0n) is 17.3. The van der Waals surface area contributed by atoms with Crippen LogP contribution in [0.5, 0.6) is 0 Å². The minimum atomic E-state index is -3.81. The molecule has 1 aliphatic rings. The molecule has 0 unspecified atom stereocenters. The maximum atomic E-state index is 13.3. The molecule has 1 N–H and O–H groups in total. The number of rotatable bonds is 6. The SMILES string of the molecule is Cn1cnc(S(=O)(=O)N2CCCC[C@@H]2c2ncccc2C(=O)NCc2ccccc2)c1. The molecule has 162 valence electrons. The molecule has 1 fully saturated rings. The summed E-state index contributed by atoms with van der Waals surface area (Å²) in [5.41, 5.74) is 1.86. The Hall–Kier alpha value is -3.04. The molecule has 3 aromatic rings. The van der Waals surface area contributed by atoms with Gasteiger partial charge in [0.2, 0.25) is 0 Å². The number of nitrogens with one attached hydrogen (secondary N) is 1. The van der Waals surface area contributed by atoms with Crippen LogP contribution in [0.4, 0.5) is 0 Å². The van der Waals surface area contributed by atoms with Gasteiger partial charge in [-0.25, -0.2) is 13.4 Å². The fourth-order valence-corrected chi connectivity index (χ4v) is 5.49. The van der Waals surface area contributed by atoms with E-state index in [1.165, 1.54) is 16.8 Å². The highest BCUT2D eigenvalue weighted by atomic mass is 32.2. The van der Waals surface area contributed by atoms with Crippen LogP contribution in [0.1, 0.15) is 46.9 Å². The highest BCUT2D eigenvalue weighted by Gasteiger charge is 2.38. The van der Waals surface area contributed by atoms with E-state index in [0.29, 0.717) is 30.8 Å². The van der Waals surface area contributed by atoms with Crippen LogP contribution in [0.25, 0.3) is 0 Å². The first kappa shape index (κ1) is 21.2. The molecule has 1 saturated heterocycles. The Bertz CT molecular complexity index is 1160. The number of piperidine rings is 1. The zero-order valence-corrected chi connectivity index (χ0v) is 18.1. The second kappa shape index (κ2) is 8.99. The van der Waals surface area contributed by atoms with Gasteiger partial charge in [-0.3, -0.25) is 9.78 Å². The predicted molar refractivity (Wildman–Crippen MR) is 116 cm³/mol. The van der Waals surface area contributed by atoms with Crippen LogP contribution in [0, 0.1) is 0 Å². The fraction of sp³-hybridized carbons (Fsp3) is 0.318. The van der Waals surface area contributed by atoms with E-state index in [0.717, 1.165) is 18.4 Å². The first-order chi connectivity index (χ1) is 15.0. The van der Waals surface area contributed by atoms with Gasteiger partial charge in [0, 0.05) is 32.5 Å². The van der Waals surface area contributed by atoms with Crippen molar-refractivity contribution in [3.8, 4) is 0 Å². The lowest BCUT2D eigenvalue weighted by molar-refractivity contribution is 0.0946. The lowest BCUT2D eigenvalue weighted by atomic mass is 9.97. The first-order valence-corrected chi connectivity index (χ1v) is 11.7. The molecule has 4 rings (SSSR count). The van der Waals surface area contributed by atoms with Gasteiger partial charge in [0.05, 0.1) is 23.6 Å². The van der Waals surface area contributed by atoms with Gasteiger partial charge < -0.3 is 9.88 Å². The number of aryl methyl sites for hydroxylation is 1. The van der Waals surface area contributed by atoms with Crippen LogP contribution < -0.4 is 5.32 Å². The average Bonchev–Trinajstić information content (AvgIpc) is 3.25. The minimum absolute atomic E-state index is 0.00732. The van der Waals surface area contributed by atoms with Gasteiger partial charge in [0.15, 0.2) is 5.03 Å². The summed E-state index contributed by atoms with van der Waals surface area (Å²) in [6.45, 7) is 0.750. The summed E-state index contributed by atoms with van der Waals surface area (Å²) < 4.78 is 29.6. The van der Waals surface area contributed by atoms with Gasteiger partial charge in [-0.2, -0.15) is 4.31 Å². The van der Waals surface area contributed by atoms with Gasteiger partial charge in [0.25, 0.3) is 15.9 Å². The van der Waals surface area contributed by atoms with Crippen molar-refractivity contribution in [1.29, 1.82) is 0 Å². The molecule has 1 aliphatic heterocycles. The van der Waals surface area contributed by atoms with Crippen molar-refractivity contribution in [3.63, 3.8) is 0 Å². The van der Waals surface area contributed by atoms with Gasteiger partial charge in [-0.1, -0.05) is 36.8 Å². The Kier molecular flexibility index (Phi) is 6.15. The quantitative estimate of drug-likeness (QED) is 0.637. The molecule has 8 nitrogen and oxygen atoms in total. The maximum Gasteiger partial charge on any atom is 0.262 e. The number of carbonyl (C=O) groups is 1. The Balaban J connectivity index is 1.62. The van der Waals surface area contributed by atoms with Gasteiger partial charge in [-0.05, 0) is 30.5 Å². The van der Waals surface area contributed by atoms with Crippen molar-refractivity contribution < 1.29 is 13.2 Å². The van der Waals surface area contributed by atoms with Crippen LogP contribution in [-0.2, 0) is 23.6 Å². The first-order valence-electron chi connectivity index (χ1n) is 10.2. The third-order valence-electron chi connectivity index (χ3n) is 5.40. The molecular formula is C22H25N5O3S. The lowest BCUT2D eigenvalue weighted by Gasteiger charge is -2.34. The number of nitrogens with zero attached hydrogens (tertiary/aromatic N) is 4. The van der Waals surface area contributed by atoms with E-state index in [9.17, 15) is 13.2 Å². The van der Waals surface area contributed by atoms with Crippen molar-refractivity contribution in [1.82, 2.24) is 24.2 Å². The maximum absolute atomic E-state index is 13.3. The molecule has 2 aromatic heterocycles. The van der Waals surface area contributed by atoms with Crippen LogP contribution in [0.15, 0.2) is 66.2 Å². The molecule has 0 aliphatic carbocycles. The lowest BCUT2D eigenvalue weighted by Crippen LogP contribution is -2.40. The highest BCUT2D eigenvalue weighted by molar-refractivity contribution is 7.89. The van der Waals surface area contributed by atoms with Gasteiger partial charge >= 0.3 is 0 Å². The number of sulfonamides is 1. The molecule has 1 amide bonds. The Morgan fingerprint density at radius 2 is 1.94 bits per heavy atom. The number of pyridine rings is 1. The monoisotopic (exact) mass is 439 g/mol. The number of hydrogen-bond acceptors (Lipinski definition) is 5. The molecule has 0 saturated carbocycles. The largest absolute Gasteiger partial charge is 0.348 e. The molecule has 3 heterocycles. The minimum Gasteiger partial charge on any atom is -0.348 e. The molecular weight excluding hydrogens is 414 g/mol. The van der Waals surface area contributed by atoms with Crippen molar-refractivity contribution in [3.05, 3.63) is 78.0 Å². The Morgan fingerprint density at radius 3 is 2.68 bits per heavy atom. The third-order valence-corrected chi connectivity index (χ3v) is 7.20. The van der Waals surface area contributed by atoms with E-state index >= 15 is 0 Å². The van der Waals surface area contributed by atoms with Crippen molar-refractivity contribution in [2.75, 3.05) is 6.54 Å². The van der Waals surface area contributed by atoms with E-state index in [-0.39, 0.29) is 10.9 Å². The van der Waals surface area contributed by atoms with E-state index in [1.807, 2.05) is 30.3 Å². The number of benzene rings is 1. The zero-order chi connectivity index (χ0) is 21.8. The number of imidazole rings is 1. The summed E-state index contributed by atoms with van der Waals surface area (Å²) in [5.74, 6) is -0.271. The summed E-state index contributed by atoms with van der Waals surface area (Å²) in [5, 5.41) is 2.93. The molecule has 0 bridgehead atoms. The average molecular weight is 440 g/mol. The topological polar surface area (TPSA) is 97.2 Å². The number of aromatic nitrogens is 3. The molecule has 9 heteroatoms. The number of carbonyl (C=O) groups excluding carboxylic acids is 1. The highest BCUT2D eigenvalue weighted by Crippen LogP contribution is 2.35. The molecule has 0 spiro atoms. The summed E-state index contributed by atoms with van der Waals surface area (Å²) in [6, 6.07) is 12.5. The predicted octanol–water partition coefficient (Wildman–Crippen LogP) is 2.66. The van der Waals surface area contributed by atoms with Crippen LogP contribution >= 0.6 is 0 Å². The Labute approximate surface area is 182 Å². The summed E-state index contributed by atoms with van der Waals surface area (Å²) in [7, 11) is -2.08. The molecule has 31 heavy (non-hydrogen) atoms. The normalized spacial score (nSPS) is 17.4. The van der Waals surface area contributed by atoms with Crippen LogP contribution in [0.2, 0.25) is 0 Å². The second-order valence-electron chi connectivity index (χ2n) is 7.61. The second-order valence-corrected chi connectivity index (χ2v) is 9.45. The van der Waals surface area contributed by atoms with Crippen molar-refractivity contribution >= 4 is 15.9 Å². The van der Waals surface area contributed by atoms with Crippen LogP contribution in [0.3, 0.4) is 0 Å². The van der Waals surface area contributed by atoms with E-state index in [1.54, 1.807) is 29.9 Å². The summed E-state index contributed by atoms with van der Waals surface area (Å²) >= 11 is 0. The molecule has 1 atom stereocenters. The van der Waals surface area contributed by atoms with Crippen LogP contribution in [-0.4, -0.2) is 39.7 Å². The summed E-state index contributed by atoms with van der Waals surface area (Å²) in [4.78, 5) is 21.5. The smallest absolute Gasteiger partial charge is 0.262 e. The van der Waals surface area contributed by atoms with E-state index in [2.05, 4.69) is 15.3 Å². The fourth-order valence-electron chi connectivity index (χ4n) is 3.86. The standard InChI is InChI=1S/C22H25N5O3S/c1-26-15-20(25-16-26)31(29,30)27-13-6-5-11-19(27)21-18(10-7-12-23-21)22(28)24-14-17-8-3-2-4-9-17/h2-4,7-10,12,15-16,19H,5-6,11,13-14H2,1H3,(H,24,28)/t19-/m1/s1. The number of hydrogen-bond donors (Lipinski definition) is 1. The molecule has 0 radical (unpaired) electrons. The van der Waals surface area contributed by atoms with Gasteiger partial charge in [0.1, 0.15) is 0 Å². The van der Waals surface area contributed by atoms with Crippen molar-refractivity contribution in [2.45, 2.75) is 36.9 Å². The van der Waals surface area contributed by atoms with E-state index in [4.69, 9.17) is 0 Å². The van der Waals surface area contributed by atoms with Crippen molar-refractivity contribution in [2.24, 2.45) is 7.05 Å². The molecule has 1 aromatic carbocycles. The third kappa shape index (κ3) is 4.52. The van der Waals surface area contributed by atoms with E-state index < -0.39 is 16.1 Å². The summed E-state index contributed by atoms with van der Waals surface area (Å²) in [6.07, 6.45) is 6.78. The number of amides is 1. The Morgan fingerprint density at radius 1 is 1.13 bits per heavy atom. The van der Waals surface area contributed by atoms with Gasteiger partial charge in [-0.15, -0.1) is 0 Å².